The fourth-order valence-electron chi connectivity index (χ4n) is 4.26. The average molecular weight is 480 g/mol. The zero-order valence-electron chi connectivity index (χ0n) is 19.9. The Hall–Kier alpha value is -4.40. The number of Topliss-reactive ketones (excluding diaryl/α,β-unsaturated/α-hetero) is 1. The Morgan fingerprint density at radius 2 is 2.00 bits per heavy atom. The Kier molecular flexibility index (Phi) is 5.73. The number of benzene rings is 2. The van der Waals surface area contributed by atoms with E-state index >= 15 is 0 Å². The number of aryl methyl sites for hydroxylation is 1. The Labute approximate surface area is 207 Å². The number of carbonyl (C=O) groups excluding carboxylic acids is 1. The molecule has 1 N–H and O–H groups in total. The molecule has 0 spiro atoms. The molecule has 0 unspecified atom stereocenters. The largest absolute Gasteiger partial charge is 0.439 e. The lowest BCUT2D eigenvalue weighted by Crippen LogP contribution is -2.03. The van der Waals surface area contributed by atoms with Crippen LogP contribution in [0.3, 0.4) is 0 Å². The molecule has 0 bridgehead atoms. The highest BCUT2D eigenvalue weighted by Crippen LogP contribution is 2.34. The van der Waals surface area contributed by atoms with Crippen molar-refractivity contribution in [2.24, 2.45) is 5.92 Å². The smallest absolute Gasteiger partial charge is 0.224 e. The first-order valence-corrected chi connectivity index (χ1v) is 12.1. The van der Waals surface area contributed by atoms with Gasteiger partial charge in [-0.2, -0.15) is 0 Å². The standard InChI is InChI=1S/C27H25N7O2/c1-17-10-20(6-9-24(17)36-26-13-25-33-31-16-34(25)15-30-26)32-27-22-12-19(5-8-23(22)28-14-29-27)11-21(35)7-4-18-2-3-18/h5-6,8-10,12-16,18H,2-4,7,11H2,1H3,(H,28,29,32). The van der Waals surface area contributed by atoms with Crippen LogP contribution in [-0.4, -0.2) is 35.3 Å². The van der Waals surface area contributed by atoms with Gasteiger partial charge in [-0.15, -0.1) is 10.2 Å². The van der Waals surface area contributed by atoms with Gasteiger partial charge in [0, 0.05) is 30.0 Å². The number of rotatable bonds is 9. The summed E-state index contributed by atoms with van der Waals surface area (Å²) in [6.45, 7) is 1.97. The van der Waals surface area contributed by atoms with Gasteiger partial charge in [-0.25, -0.2) is 15.0 Å². The van der Waals surface area contributed by atoms with Gasteiger partial charge in [0.1, 0.15) is 36.3 Å². The summed E-state index contributed by atoms with van der Waals surface area (Å²) >= 11 is 0. The highest BCUT2D eigenvalue weighted by Gasteiger charge is 2.21. The minimum atomic E-state index is 0.288. The van der Waals surface area contributed by atoms with Crippen molar-refractivity contribution in [3.05, 3.63) is 72.6 Å². The zero-order valence-corrected chi connectivity index (χ0v) is 19.9. The summed E-state index contributed by atoms with van der Waals surface area (Å²) in [5.74, 6) is 2.89. The van der Waals surface area contributed by atoms with E-state index in [1.165, 1.54) is 12.8 Å². The van der Waals surface area contributed by atoms with E-state index in [4.69, 9.17) is 4.74 Å². The molecule has 180 valence electrons. The van der Waals surface area contributed by atoms with Crippen molar-refractivity contribution in [2.45, 2.75) is 39.0 Å². The predicted octanol–water partition coefficient (Wildman–Crippen LogP) is 5.21. The molecular formula is C27H25N7O2. The van der Waals surface area contributed by atoms with Crippen LogP contribution in [0, 0.1) is 12.8 Å². The third-order valence-corrected chi connectivity index (χ3v) is 6.44. The summed E-state index contributed by atoms with van der Waals surface area (Å²) in [5.41, 5.74) is 4.28. The molecule has 0 radical (unpaired) electrons. The fourth-order valence-corrected chi connectivity index (χ4v) is 4.26. The summed E-state index contributed by atoms with van der Waals surface area (Å²) in [6.07, 6.45) is 9.42. The van der Waals surface area contributed by atoms with Crippen LogP contribution in [0.2, 0.25) is 0 Å². The minimum Gasteiger partial charge on any atom is -0.439 e. The second-order valence-corrected chi connectivity index (χ2v) is 9.30. The number of fused-ring (bicyclic) bond motifs is 2. The maximum absolute atomic E-state index is 12.4. The number of anilines is 2. The van der Waals surface area contributed by atoms with Crippen LogP contribution in [0.25, 0.3) is 16.6 Å². The van der Waals surface area contributed by atoms with Gasteiger partial charge in [0.05, 0.1) is 5.52 Å². The molecule has 3 aromatic heterocycles. The second-order valence-electron chi connectivity index (χ2n) is 9.30. The van der Waals surface area contributed by atoms with E-state index in [9.17, 15) is 4.79 Å². The minimum absolute atomic E-state index is 0.288. The molecular weight excluding hydrogens is 454 g/mol. The molecule has 0 aliphatic heterocycles. The maximum Gasteiger partial charge on any atom is 0.224 e. The Balaban J connectivity index is 1.19. The first kappa shape index (κ1) is 22.1. The summed E-state index contributed by atoms with van der Waals surface area (Å²) < 4.78 is 7.69. The lowest BCUT2D eigenvalue weighted by molar-refractivity contribution is -0.118. The molecule has 0 atom stereocenters. The molecule has 2 aromatic carbocycles. The molecule has 0 saturated heterocycles. The highest BCUT2D eigenvalue weighted by atomic mass is 16.5. The van der Waals surface area contributed by atoms with Gasteiger partial charge in [-0.05, 0) is 60.7 Å². The van der Waals surface area contributed by atoms with Gasteiger partial charge in [0.2, 0.25) is 5.88 Å². The first-order valence-electron chi connectivity index (χ1n) is 12.1. The molecule has 3 heterocycles. The number of aromatic nitrogens is 6. The van der Waals surface area contributed by atoms with Crippen molar-refractivity contribution < 1.29 is 9.53 Å². The summed E-state index contributed by atoms with van der Waals surface area (Å²) in [5, 5.41) is 12.2. The highest BCUT2D eigenvalue weighted by molar-refractivity contribution is 5.92. The molecule has 9 heteroatoms. The lowest BCUT2D eigenvalue weighted by atomic mass is 10.0. The van der Waals surface area contributed by atoms with Gasteiger partial charge in [0.15, 0.2) is 5.65 Å². The zero-order chi connectivity index (χ0) is 24.5. The van der Waals surface area contributed by atoms with Crippen molar-refractivity contribution in [3.63, 3.8) is 0 Å². The quantitative estimate of drug-likeness (QED) is 0.307. The van der Waals surface area contributed by atoms with Crippen LogP contribution in [-0.2, 0) is 11.2 Å². The van der Waals surface area contributed by atoms with Crippen LogP contribution in [0.4, 0.5) is 11.5 Å². The molecule has 9 nitrogen and oxygen atoms in total. The van der Waals surface area contributed by atoms with Gasteiger partial charge in [-0.1, -0.05) is 18.9 Å². The molecule has 1 saturated carbocycles. The molecule has 5 aromatic rings. The van der Waals surface area contributed by atoms with Crippen LogP contribution in [0.5, 0.6) is 11.6 Å². The molecule has 36 heavy (non-hydrogen) atoms. The van der Waals surface area contributed by atoms with Gasteiger partial charge in [0.25, 0.3) is 0 Å². The van der Waals surface area contributed by atoms with E-state index in [0.29, 0.717) is 35.9 Å². The fraction of sp³-hybridized carbons (Fsp3) is 0.259. The van der Waals surface area contributed by atoms with Crippen LogP contribution in [0.15, 0.2) is 61.4 Å². The molecule has 0 amide bonds. The summed E-state index contributed by atoms with van der Waals surface area (Å²) in [7, 11) is 0. The molecule has 1 aliphatic carbocycles. The van der Waals surface area contributed by atoms with E-state index in [2.05, 4.69) is 30.5 Å². The normalized spacial score (nSPS) is 13.2. The van der Waals surface area contributed by atoms with Crippen molar-refractivity contribution >= 4 is 33.8 Å². The van der Waals surface area contributed by atoms with E-state index in [-0.39, 0.29) is 5.78 Å². The Bertz CT molecular complexity index is 1580. The number of nitrogens with zero attached hydrogens (tertiary/aromatic N) is 6. The van der Waals surface area contributed by atoms with Crippen LogP contribution < -0.4 is 10.1 Å². The number of hydrogen-bond acceptors (Lipinski definition) is 8. The van der Waals surface area contributed by atoms with Crippen molar-refractivity contribution in [3.8, 4) is 11.6 Å². The van der Waals surface area contributed by atoms with Gasteiger partial charge >= 0.3 is 0 Å². The van der Waals surface area contributed by atoms with Crippen molar-refractivity contribution in [2.75, 3.05) is 5.32 Å². The number of ketones is 1. The third-order valence-electron chi connectivity index (χ3n) is 6.44. The Morgan fingerprint density at radius 1 is 1.08 bits per heavy atom. The van der Waals surface area contributed by atoms with E-state index in [1.807, 2.05) is 43.3 Å². The maximum atomic E-state index is 12.4. The van der Waals surface area contributed by atoms with Gasteiger partial charge in [-0.3, -0.25) is 9.20 Å². The number of hydrogen-bond donors (Lipinski definition) is 1. The van der Waals surface area contributed by atoms with Crippen molar-refractivity contribution in [1.82, 2.24) is 29.5 Å². The average Bonchev–Trinajstić information content (AvgIpc) is 3.60. The SMILES string of the molecule is Cc1cc(Nc2ncnc3ccc(CC(=O)CCC4CC4)cc23)ccc1Oc1cc2nncn2cn1. The molecule has 1 fully saturated rings. The summed E-state index contributed by atoms with van der Waals surface area (Å²) in [4.78, 5) is 25.6. The van der Waals surface area contributed by atoms with Crippen molar-refractivity contribution in [1.29, 1.82) is 0 Å². The Morgan fingerprint density at radius 3 is 2.86 bits per heavy atom. The monoisotopic (exact) mass is 479 g/mol. The third kappa shape index (κ3) is 4.86. The van der Waals surface area contributed by atoms with E-state index in [1.54, 1.807) is 29.4 Å². The van der Waals surface area contributed by atoms with E-state index in [0.717, 1.165) is 40.1 Å². The van der Waals surface area contributed by atoms with E-state index < -0.39 is 0 Å². The van der Waals surface area contributed by atoms with Crippen LogP contribution in [0.1, 0.15) is 36.8 Å². The number of nitrogens with one attached hydrogen (secondary N) is 1. The second kappa shape index (κ2) is 9.33. The van der Waals surface area contributed by atoms with Gasteiger partial charge < -0.3 is 10.1 Å². The van der Waals surface area contributed by atoms with Crippen LogP contribution >= 0.6 is 0 Å². The predicted molar refractivity (Wildman–Crippen MR) is 136 cm³/mol. The topological polar surface area (TPSA) is 107 Å². The molecule has 6 rings (SSSR count). The lowest BCUT2D eigenvalue weighted by Gasteiger charge is -2.12. The number of carbonyl (C=O) groups is 1. The first-order chi connectivity index (χ1) is 17.6. The number of ether oxygens (including phenoxy) is 1. The summed E-state index contributed by atoms with van der Waals surface area (Å²) in [6, 6.07) is 13.5. The molecule has 1 aliphatic rings.